The summed E-state index contributed by atoms with van der Waals surface area (Å²) >= 11 is 0. The van der Waals surface area contributed by atoms with E-state index >= 15 is 0 Å². The molecule has 1 aliphatic heterocycles. The first-order valence-corrected chi connectivity index (χ1v) is 3.93. The number of anilines is 1. The Labute approximate surface area is 78.8 Å². The smallest absolute Gasteiger partial charge is 0.333 e. The molecule has 0 bridgehead atoms. The highest BCUT2D eigenvalue weighted by molar-refractivity contribution is 6.06. The van der Waals surface area contributed by atoms with Crippen LogP contribution in [0.4, 0.5) is 5.69 Å². The molecule has 6 nitrogen and oxygen atoms in total. The lowest BCUT2D eigenvalue weighted by molar-refractivity contribution is -0.133. The van der Waals surface area contributed by atoms with Gasteiger partial charge in [0.2, 0.25) is 5.91 Å². The standard InChI is InChI=1S/C8H7N3O3/c12-7-1-5(8(13)14)4-11(7)6-2-9-10-3-6/h2-4H,1H2,(H,9,10)(H,13,14). The number of aromatic amines is 1. The van der Waals surface area contributed by atoms with E-state index in [2.05, 4.69) is 10.2 Å². The summed E-state index contributed by atoms with van der Waals surface area (Å²) in [6.07, 6.45) is 4.23. The Balaban J connectivity index is 2.30. The van der Waals surface area contributed by atoms with Gasteiger partial charge in [-0.15, -0.1) is 0 Å². The molecule has 0 unspecified atom stereocenters. The number of H-pyrrole nitrogens is 1. The van der Waals surface area contributed by atoms with Crippen LogP contribution in [0.25, 0.3) is 0 Å². The van der Waals surface area contributed by atoms with Gasteiger partial charge >= 0.3 is 5.97 Å². The second-order valence-corrected chi connectivity index (χ2v) is 2.86. The average Bonchev–Trinajstić information content (AvgIpc) is 2.71. The Morgan fingerprint density at radius 3 is 2.93 bits per heavy atom. The Morgan fingerprint density at radius 2 is 2.43 bits per heavy atom. The molecule has 1 aromatic heterocycles. The maximum atomic E-state index is 11.4. The lowest BCUT2D eigenvalue weighted by Gasteiger charge is -2.08. The summed E-state index contributed by atoms with van der Waals surface area (Å²) < 4.78 is 0. The topological polar surface area (TPSA) is 86.3 Å². The van der Waals surface area contributed by atoms with Gasteiger partial charge in [-0.2, -0.15) is 5.10 Å². The quantitative estimate of drug-likeness (QED) is 0.698. The van der Waals surface area contributed by atoms with Crippen molar-refractivity contribution in [3.05, 3.63) is 24.2 Å². The second kappa shape index (κ2) is 2.99. The zero-order valence-corrected chi connectivity index (χ0v) is 7.10. The molecular weight excluding hydrogens is 186 g/mol. The van der Waals surface area contributed by atoms with Gasteiger partial charge in [0.15, 0.2) is 0 Å². The Morgan fingerprint density at radius 1 is 1.64 bits per heavy atom. The molecule has 0 atom stereocenters. The molecule has 14 heavy (non-hydrogen) atoms. The summed E-state index contributed by atoms with van der Waals surface area (Å²) in [5.74, 6) is -1.33. The average molecular weight is 193 g/mol. The van der Waals surface area contributed by atoms with Crippen LogP contribution in [0, 0.1) is 0 Å². The van der Waals surface area contributed by atoms with Crippen LogP contribution in [0.3, 0.4) is 0 Å². The highest BCUT2D eigenvalue weighted by atomic mass is 16.4. The molecule has 1 aromatic rings. The predicted molar refractivity (Wildman–Crippen MR) is 46.4 cm³/mol. The lowest BCUT2D eigenvalue weighted by Crippen LogP contribution is -2.18. The van der Waals surface area contributed by atoms with E-state index in [0.717, 1.165) is 0 Å². The van der Waals surface area contributed by atoms with Crippen LogP contribution in [-0.4, -0.2) is 27.2 Å². The largest absolute Gasteiger partial charge is 0.478 e. The number of carbonyl (C=O) groups is 2. The zero-order valence-electron chi connectivity index (χ0n) is 7.10. The summed E-state index contributed by atoms with van der Waals surface area (Å²) in [6.45, 7) is 0. The van der Waals surface area contributed by atoms with Crippen LogP contribution in [0.5, 0.6) is 0 Å². The Kier molecular flexibility index (Phi) is 1.81. The fourth-order valence-corrected chi connectivity index (χ4v) is 1.25. The molecule has 2 heterocycles. The maximum absolute atomic E-state index is 11.4. The first-order chi connectivity index (χ1) is 6.68. The van der Waals surface area contributed by atoms with Crippen LogP contribution in [0.2, 0.25) is 0 Å². The number of hydrogen-bond donors (Lipinski definition) is 2. The SMILES string of the molecule is O=C(O)C1=CN(c2cn[nH]c2)C(=O)C1. The van der Waals surface area contributed by atoms with Gasteiger partial charge in [0, 0.05) is 12.4 Å². The first kappa shape index (κ1) is 8.49. The van der Waals surface area contributed by atoms with E-state index in [0.29, 0.717) is 5.69 Å². The number of nitrogens with one attached hydrogen (secondary N) is 1. The van der Waals surface area contributed by atoms with Crippen LogP contribution < -0.4 is 4.90 Å². The van der Waals surface area contributed by atoms with E-state index in [-0.39, 0.29) is 17.9 Å². The molecule has 0 aromatic carbocycles. The number of carboxylic acids is 1. The summed E-state index contributed by atoms with van der Waals surface area (Å²) in [7, 11) is 0. The van der Waals surface area contributed by atoms with Gasteiger partial charge in [0.1, 0.15) is 0 Å². The Bertz CT molecular complexity index is 407. The number of hydrogen-bond acceptors (Lipinski definition) is 3. The highest BCUT2D eigenvalue weighted by Crippen LogP contribution is 2.22. The summed E-state index contributed by atoms with van der Waals surface area (Å²) in [6, 6.07) is 0. The minimum Gasteiger partial charge on any atom is -0.478 e. The van der Waals surface area contributed by atoms with Gasteiger partial charge in [-0.25, -0.2) is 4.79 Å². The summed E-state index contributed by atoms with van der Waals surface area (Å²) in [5.41, 5.74) is 0.641. The molecule has 6 heteroatoms. The number of carboxylic acid groups (broad SMARTS) is 1. The van der Waals surface area contributed by atoms with Gasteiger partial charge in [-0.3, -0.25) is 14.8 Å². The van der Waals surface area contributed by atoms with Gasteiger partial charge in [0.05, 0.1) is 23.9 Å². The molecule has 0 saturated carbocycles. The van der Waals surface area contributed by atoms with Crippen molar-refractivity contribution in [1.82, 2.24) is 10.2 Å². The first-order valence-electron chi connectivity index (χ1n) is 3.93. The number of aliphatic carboxylic acids is 1. The van der Waals surface area contributed by atoms with Crippen molar-refractivity contribution in [2.45, 2.75) is 6.42 Å². The molecule has 0 fully saturated rings. The number of aromatic nitrogens is 2. The minimum atomic E-state index is -1.07. The molecular formula is C8H7N3O3. The third-order valence-corrected chi connectivity index (χ3v) is 1.93. The van der Waals surface area contributed by atoms with Crippen molar-refractivity contribution in [2.75, 3.05) is 4.90 Å². The maximum Gasteiger partial charge on any atom is 0.333 e. The Hall–Kier alpha value is -2.11. The molecule has 72 valence electrons. The number of rotatable bonds is 2. The van der Waals surface area contributed by atoms with E-state index < -0.39 is 5.97 Å². The summed E-state index contributed by atoms with van der Waals surface area (Å²) in [4.78, 5) is 23.2. The van der Waals surface area contributed by atoms with Crippen LogP contribution in [0.15, 0.2) is 24.2 Å². The van der Waals surface area contributed by atoms with Gasteiger partial charge in [-0.1, -0.05) is 0 Å². The molecule has 0 spiro atoms. The lowest BCUT2D eigenvalue weighted by atomic mass is 10.2. The third-order valence-electron chi connectivity index (χ3n) is 1.93. The number of carbonyl (C=O) groups excluding carboxylic acids is 1. The minimum absolute atomic E-state index is 0.0689. The van der Waals surface area contributed by atoms with Crippen molar-refractivity contribution in [2.24, 2.45) is 0 Å². The highest BCUT2D eigenvalue weighted by Gasteiger charge is 2.27. The van der Waals surface area contributed by atoms with E-state index in [4.69, 9.17) is 5.11 Å². The molecule has 1 aliphatic rings. The van der Waals surface area contributed by atoms with Crippen molar-refractivity contribution < 1.29 is 14.7 Å². The number of amides is 1. The predicted octanol–water partition coefficient (Wildman–Crippen LogP) is 0.115. The van der Waals surface area contributed by atoms with Crippen molar-refractivity contribution in [1.29, 1.82) is 0 Å². The van der Waals surface area contributed by atoms with Crippen molar-refractivity contribution >= 4 is 17.6 Å². The van der Waals surface area contributed by atoms with Crippen LogP contribution in [-0.2, 0) is 9.59 Å². The van der Waals surface area contributed by atoms with E-state index in [1.54, 1.807) is 0 Å². The van der Waals surface area contributed by atoms with Crippen molar-refractivity contribution in [3.63, 3.8) is 0 Å². The third kappa shape index (κ3) is 1.26. The van der Waals surface area contributed by atoms with E-state index in [9.17, 15) is 9.59 Å². The molecule has 0 radical (unpaired) electrons. The zero-order chi connectivity index (χ0) is 10.1. The molecule has 0 aliphatic carbocycles. The van der Waals surface area contributed by atoms with E-state index in [1.807, 2.05) is 0 Å². The van der Waals surface area contributed by atoms with Gasteiger partial charge < -0.3 is 5.11 Å². The summed E-state index contributed by atoms with van der Waals surface area (Å²) in [5, 5.41) is 14.9. The van der Waals surface area contributed by atoms with Crippen LogP contribution >= 0.6 is 0 Å². The van der Waals surface area contributed by atoms with Gasteiger partial charge in [-0.05, 0) is 0 Å². The monoisotopic (exact) mass is 193 g/mol. The fraction of sp³-hybridized carbons (Fsp3) is 0.125. The molecule has 0 saturated heterocycles. The fourth-order valence-electron chi connectivity index (χ4n) is 1.25. The second-order valence-electron chi connectivity index (χ2n) is 2.86. The molecule has 2 N–H and O–H groups in total. The molecule has 1 amide bonds. The molecule has 2 rings (SSSR count). The van der Waals surface area contributed by atoms with Crippen molar-refractivity contribution in [3.8, 4) is 0 Å². The number of nitrogens with zero attached hydrogens (tertiary/aromatic N) is 2. The van der Waals surface area contributed by atoms with E-state index in [1.165, 1.54) is 23.5 Å². The van der Waals surface area contributed by atoms with Gasteiger partial charge in [0.25, 0.3) is 0 Å². The normalized spacial score (nSPS) is 15.9. The van der Waals surface area contributed by atoms with Crippen LogP contribution in [0.1, 0.15) is 6.42 Å².